The van der Waals surface area contributed by atoms with E-state index in [4.69, 9.17) is 27.9 Å². The third-order valence-corrected chi connectivity index (χ3v) is 4.71. The quantitative estimate of drug-likeness (QED) is 0.901. The molecule has 0 radical (unpaired) electrons. The topological polar surface area (TPSA) is 41.6 Å². The Morgan fingerprint density at radius 2 is 2.24 bits per heavy atom. The van der Waals surface area contributed by atoms with Gasteiger partial charge in [-0.2, -0.15) is 0 Å². The van der Waals surface area contributed by atoms with Gasteiger partial charge in [0.1, 0.15) is 11.3 Å². The monoisotopic (exact) mass is 330 g/mol. The smallest absolute Gasteiger partial charge is 0.256 e. The molecule has 1 amide bonds. The van der Waals surface area contributed by atoms with Gasteiger partial charge in [-0.05, 0) is 38.1 Å². The summed E-state index contributed by atoms with van der Waals surface area (Å²) in [6, 6.07) is 3.66. The van der Waals surface area contributed by atoms with Crippen molar-refractivity contribution < 1.29 is 9.53 Å². The normalized spacial score (nSPS) is 18.8. The molecule has 1 saturated heterocycles. The molecule has 1 heterocycles. The number of rotatable bonds is 5. The number of hydrogen-bond donors (Lipinski definition) is 1. The summed E-state index contributed by atoms with van der Waals surface area (Å²) >= 11 is 12.1. The molecule has 0 spiro atoms. The zero-order chi connectivity index (χ0) is 15.4. The number of halogens is 2. The number of nitrogens with one attached hydrogen (secondary N) is 1. The summed E-state index contributed by atoms with van der Waals surface area (Å²) in [6.07, 6.45) is 2.28. The molecule has 4 nitrogen and oxygen atoms in total. The van der Waals surface area contributed by atoms with E-state index in [1.54, 1.807) is 12.1 Å². The van der Waals surface area contributed by atoms with Crippen LogP contribution in [0.5, 0.6) is 5.75 Å². The molecule has 0 aromatic heterocycles. The van der Waals surface area contributed by atoms with Crippen molar-refractivity contribution in [2.45, 2.75) is 25.8 Å². The van der Waals surface area contributed by atoms with Crippen molar-refractivity contribution in [1.82, 2.24) is 10.2 Å². The van der Waals surface area contributed by atoms with Crippen LogP contribution >= 0.6 is 23.2 Å². The summed E-state index contributed by atoms with van der Waals surface area (Å²) in [7, 11) is 1.51. The lowest BCUT2D eigenvalue weighted by molar-refractivity contribution is 0.0938. The maximum atomic E-state index is 12.4. The van der Waals surface area contributed by atoms with Crippen molar-refractivity contribution in [1.29, 1.82) is 0 Å². The third-order valence-electron chi connectivity index (χ3n) is 3.91. The second kappa shape index (κ2) is 7.34. The number of benzene rings is 1. The van der Waals surface area contributed by atoms with E-state index in [9.17, 15) is 4.79 Å². The Bertz CT molecular complexity index is 523. The summed E-state index contributed by atoms with van der Waals surface area (Å²) in [5.74, 6) is 0.183. The van der Waals surface area contributed by atoms with Gasteiger partial charge in [-0.3, -0.25) is 9.69 Å². The number of amides is 1. The van der Waals surface area contributed by atoms with Crippen LogP contribution in [0.2, 0.25) is 10.0 Å². The lowest BCUT2D eigenvalue weighted by Crippen LogP contribution is -2.40. The van der Waals surface area contributed by atoms with Gasteiger partial charge >= 0.3 is 0 Å². The van der Waals surface area contributed by atoms with Gasteiger partial charge in [0.15, 0.2) is 0 Å². The fraction of sp³-hybridized carbons (Fsp3) is 0.533. The van der Waals surface area contributed by atoms with Crippen LogP contribution in [-0.4, -0.2) is 43.6 Å². The van der Waals surface area contributed by atoms with Gasteiger partial charge in [-0.1, -0.05) is 30.1 Å². The molecular formula is C15H20Cl2N2O2. The average Bonchev–Trinajstić information content (AvgIpc) is 2.94. The van der Waals surface area contributed by atoms with Crippen LogP contribution in [-0.2, 0) is 0 Å². The first kappa shape index (κ1) is 16.4. The number of carbonyl (C=O) groups excluding carboxylic acids is 1. The minimum atomic E-state index is -0.248. The highest BCUT2D eigenvalue weighted by Crippen LogP contribution is 2.32. The van der Waals surface area contributed by atoms with Gasteiger partial charge < -0.3 is 10.1 Å². The van der Waals surface area contributed by atoms with Gasteiger partial charge in [0.25, 0.3) is 5.91 Å². The predicted octanol–water partition coefficient (Wildman–Crippen LogP) is 3.22. The molecule has 1 aromatic carbocycles. The van der Waals surface area contributed by atoms with Crippen LogP contribution in [0.25, 0.3) is 0 Å². The van der Waals surface area contributed by atoms with Crippen molar-refractivity contribution in [3.8, 4) is 5.75 Å². The van der Waals surface area contributed by atoms with Crippen LogP contribution in [0.3, 0.4) is 0 Å². The van der Waals surface area contributed by atoms with Gasteiger partial charge in [-0.25, -0.2) is 0 Å². The lowest BCUT2D eigenvalue weighted by atomic mass is 10.1. The van der Waals surface area contributed by atoms with Gasteiger partial charge in [0, 0.05) is 12.6 Å². The maximum Gasteiger partial charge on any atom is 0.256 e. The van der Waals surface area contributed by atoms with Crippen LogP contribution in [0, 0.1) is 0 Å². The van der Waals surface area contributed by atoms with Crippen molar-refractivity contribution in [3.05, 3.63) is 27.7 Å². The minimum absolute atomic E-state index is 0.229. The third kappa shape index (κ3) is 3.62. The number of carbonyl (C=O) groups is 1. The van der Waals surface area contributed by atoms with Gasteiger partial charge in [-0.15, -0.1) is 0 Å². The Kier molecular flexibility index (Phi) is 5.73. The van der Waals surface area contributed by atoms with E-state index in [0.717, 1.165) is 19.5 Å². The van der Waals surface area contributed by atoms with Gasteiger partial charge in [0.2, 0.25) is 0 Å². The molecule has 0 unspecified atom stereocenters. The van der Waals surface area contributed by atoms with Crippen LogP contribution in [0.15, 0.2) is 12.1 Å². The van der Waals surface area contributed by atoms with Crippen molar-refractivity contribution in [2.24, 2.45) is 0 Å². The van der Waals surface area contributed by atoms with Crippen molar-refractivity contribution in [3.63, 3.8) is 0 Å². The summed E-state index contributed by atoms with van der Waals surface area (Å²) in [4.78, 5) is 14.8. The summed E-state index contributed by atoms with van der Waals surface area (Å²) in [6.45, 7) is 4.84. The number of likely N-dealkylation sites (tertiary alicyclic amines) is 1. The first-order valence-electron chi connectivity index (χ1n) is 7.12. The van der Waals surface area contributed by atoms with E-state index in [-0.39, 0.29) is 10.9 Å². The van der Waals surface area contributed by atoms with E-state index in [1.165, 1.54) is 13.5 Å². The molecule has 1 N–H and O–H groups in total. The molecule has 0 bridgehead atoms. The number of hydrogen-bond acceptors (Lipinski definition) is 3. The van der Waals surface area contributed by atoms with E-state index in [2.05, 4.69) is 17.1 Å². The van der Waals surface area contributed by atoms with E-state index in [0.29, 0.717) is 28.9 Å². The van der Waals surface area contributed by atoms with E-state index < -0.39 is 0 Å². The molecule has 0 aliphatic carbocycles. The Balaban J connectivity index is 2.08. The zero-order valence-electron chi connectivity index (χ0n) is 12.3. The standard InChI is InChI=1S/C15H20Cl2N2O2/c1-3-19-8-4-5-10(19)9-18-15(20)13-12(21-2)7-6-11(16)14(13)17/h6-7,10H,3-5,8-9H2,1-2H3,(H,18,20)/t10-/m0/s1. The second-order valence-corrected chi connectivity index (χ2v) is 5.86. The summed E-state index contributed by atoms with van der Waals surface area (Å²) in [5, 5.41) is 3.52. The van der Waals surface area contributed by atoms with Gasteiger partial charge in [0.05, 0.1) is 17.2 Å². The SMILES string of the molecule is CCN1CCC[C@H]1CNC(=O)c1c(OC)ccc(Cl)c1Cl. The molecule has 1 aromatic rings. The predicted molar refractivity (Wildman–Crippen MR) is 85.6 cm³/mol. The lowest BCUT2D eigenvalue weighted by Gasteiger charge is -2.23. The molecule has 0 saturated carbocycles. The summed E-state index contributed by atoms with van der Waals surface area (Å²) in [5.41, 5.74) is 0.299. The number of likely N-dealkylation sites (N-methyl/N-ethyl adjacent to an activating group) is 1. The Labute approximate surface area is 135 Å². The number of ether oxygens (including phenoxy) is 1. The highest BCUT2D eigenvalue weighted by atomic mass is 35.5. The van der Waals surface area contributed by atoms with Crippen LogP contribution in [0.4, 0.5) is 0 Å². The zero-order valence-corrected chi connectivity index (χ0v) is 13.8. The molecule has 1 fully saturated rings. The minimum Gasteiger partial charge on any atom is -0.496 e. The fourth-order valence-corrected chi connectivity index (χ4v) is 3.16. The first-order chi connectivity index (χ1) is 10.1. The Morgan fingerprint density at radius 3 is 2.90 bits per heavy atom. The molecule has 2 rings (SSSR count). The fourth-order valence-electron chi connectivity index (χ4n) is 2.76. The number of methoxy groups -OCH3 is 1. The summed E-state index contributed by atoms with van der Waals surface area (Å²) < 4.78 is 5.20. The Morgan fingerprint density at radius 1 is 1.48 bits per heavy atom. The van der Waals surface area contributed by atoms with E-state index in [1.807, 2.05) is 0 Å². The molecule has 1 aliphatic rings. The van der Waals surface area contributed by atoms with Crippen molar-refractivity contribution >= 4 is 29.1 Å². The maximum absolute atomic E-state index is 12.4. The van der Waals surface area contributed by atoms with Crippen molar-refractivity contribution in [2.75, 3.05) is 26.7 Å². The molecular weight excluding hydrogens is 311 g/mol. The number of nitrogens with zero attached hydrogens (tertiary/aromatic N) is 1. The molecule has 116 valence electrons. The highest BCUT2D eigenvalue weighted by molar-refractivity contribution is 6.44. The second-order valence-electron chi connectivity index (χ2n) is 5.07. The molecule has 1 atom stereocenters. The Hall–Kier alpha value is -0.970. The average molecular weight is 331 g/mol. The van der Waals surface area contributed by atoms with E-state index >= 15 is 0 Å². The first-order valence-corrected chi connectivity index (χ1v) is 7.88. The largest absolute Gasteiger partial charge is 0.496 e. The van der Waals surface area contributed by atoms with Crippen LogP contribution in [0.1, 0.15) is 30.1 Å². The molecule has 1 aliphatic heterocycles. The molecule has 6 heteroatoms. The highest BCUT2D eigenvalue weighted by Gasteiger charge is 2.25. The van der Waals surface area contributed by atoms with Crippen LogP contribution < -0.4 is 10.1 Å². The molecule has 21 heavy (non-hydrogen) atoms.